The van der Waals surface area contributed by atoms with Gasteiger partial charge in [0.2, 0.25) is 6.79 Å². The van der Waals surface area contributed by atoms with Crippen molar-refractivity contribution in [3.05, 3.63) is 29.8 Å². The highest BCUT2D eigenvalue weighted by molar-refractivity contribution is 5.96. The van der Waals surface area contributed by atoms with Gasteiger partial charge in [0, 0.05) is 20.1 Å². The second-order valence-electron chi connectivity index (χ2n) is 4.46. The highest BCUT2D eigenvalue weighted by atomic mass is 16.7. The van der Waals surface area contributed by atoms with Crippen LogP contribution in [0.4, 0.5) is 0 Å². The summed E-state index contributed by atoms with van der Waals surface area (Å²) in [6.07, 6.45) is 5.25. The Morgan fingerprint density at radius 3 is 3.00 bits per heavy atom. The van der Waals surface area contributed by atoms with Crippen molar-refractivity contribution in [2.24, 2.45) is 4.99 Å². The summed E-state index contributed by atoms with van der Waals surface area (Å²) >= 11 is 0. The van der Waals surface area contributed by atoms with Crippen LogP contribution in [0.2, 0.25) is 0 Å². The number of fused-ring (bicyclic) bond motifs is 1. The van der Waals surface area contributed by atoms with E-state index >= 15 is 0 Å². The van der Waals surface area contributed by atoms with E-state index in [-0.39, 0.29) is 0 Å². The minimum atomic E-state index is 0.317. The van der Waals surface area contributed by atoms with Gasteiger partial charge in [-0.1, -0.05) is 12.1 Å². The number of ether oxygens (including phenoxy) is 2. The molecular formula is C14H16N2O2. The lowest BCUT2D eigenvalue weighted by molar-refractivity contribution is 0.174. The minimum Gasteiger partial charge on any atom is -0.454 e. The van der Waals surface area contributed by atoms with Crippen LogP contribution in [0, 0.1) is 0 Å². The molecule has 0 amide bonds. The molecule has 1 aromatic carbocycles. The Morgan fingerprint density at radius 1 is 1.22 bits per heavy atom. The number of amidine groups is 1. The number of nitrogens with zero attached hydrogens (tertiary/aromatic N) is 2. The van der Waals surface area contributed by atoms with Crippen molar-refractivity contribution in [2.75, 3.05) is 26.9 Å². The number of rotatable bonds is 2. The van der Waals surface area contributed by atoms with Crippen LogP contribution >= 0.6 is 0 Å². The lowest BCUT2D eigenvalue weighted by Crippen LogP contribution is -2.30. The Balaban J connectivity index is 1.78. The molecule has 2 aliphatic rings. The van der Waals surface area contributed by atoms with Crippen LogP contribution in [0.3, 0.4) is 0 Å². The van der Waals surface area contributed by atoms with Crippen molar-refractivity contribution in [3.8, 4) is 11.5 Å². The molecule has 4 heteroatoms. The van der Waals surface area contributed by atoms with E-state index in [1.807, 2.05) is 18.2 Å². The first-order valence-electron chi connectivity index (χ1n) is 6.16. The van der Waals surface area contributed by atoms with E-state index in [1.165, 1.54) is 0 Å². The zero-order chi connectivity index (χ0) is 12.4. The summed E-state index contributed by atoms with van der Waals surface area (Å²) in [5.41, 5.74) is 1.10. The molecule has 0 N–H and O–H groups in total. The van der Waals surface area contributed by atoms with E-state index in [2.05, 4.69) is 29.1 Å². The first kappa shape index (κ1) is 11.1. The molecule has 0 bridgehead atoms. The topological polar surface area (TPSA) is 34.1 Å². The Labute approximate surface area is 107 Å². The second-order valence-corrected chi connectivity index (χ2v) is 4.46. The van der Waals surface area contributed by atoms with Crippen molar-refractivity contribution in [1.82, 2.24) is 4.90 Å². The fourth-order valence-electron chi connectivity index (χ4n) is 2.10. The molecule has 18 heavy (non-hydrogen) atoms. The van der Waals surface area contributed by atoms with Crippen molar-refractivity contribution < 1.29 is 9.47 Å². The van der Waals surface area contributed by atoms with E-state index in [9.17, 15) is 0 Å². The van der Waals surface area contributed by atoms with Crippen LogP contribution in [0.25, 0.3) is 6.08 Å². The summed E-state index contributed by atoms with van der Waals surface area (Å²) in [6.45, 7) is 2.31. The van der Waals surface area contributed by atoms with Gasteiger partial charge in [-0.3, -0.25) is 4.99 Å². The molecular weight excluding hydrogens is 228 g/mol. The average Bonchev–Trinajstić information content (AvgIpc) is 2.85. The molecule has 0 spiro atoms. The summed E-state index contributed by atoms with van der Waals surface area (Å²) < 4.78 is 10.6. The predicted octanol–water partition coefficient (Wildman–Crippen LogP) is 2.16. The third-order valence-electron chi connectivity index (χ3n) is 3.14. The maximum atomic E-state index is 5.36. The third kappa shape index (κ3) is 2.18. The van der Waals surface area contributed by atoms with Crippen molar-refractivity contribution in [2.45, 2.75) is 6.42 Å². The zero-order valence-corrected chi connectivity index (χ0v) is 10.4. The van der Waals surface area contributed by atoms with Crippen molar-refractivity contribution in [3.63, 3.8) is 0 Å². The molecule has 2 heterocycles. The SMILES string of the molecule is CN1CCCN=C1/C=C/c1ccc2c(c1)OCO2. The molecule has 0 unspecified atom stereocenters. The lowest BCUT2D eigenvalue weighted by Gasteiger charge is -2.22. The fraction of sp³-hybridized carbons (Fsp3) is 0.357. The molecule has 0 aromatic heterocycles. The van der Waals surface area contributed by atoms with E-state index in [4.69, 9.17) is 9.47 Å². The highest BCUT2D eigenvalue weighted by Crippen LogP contribution is 2.32. The summed E-state index contributed by atoms with van der Waals surface area (Å²) in [5.74, 6) is 2.68. The molecule has 0 saturated carbocycles. The molecule has 1 aromatic rings. The number of likely N-dealkylation sites (N-methyl/N-ethyl adjacent to an activating group) is 1. The lowest BCUT2D eigenvalue weighted by atomic mass is 10.2. The molecule has 3 rings (SSSR count). The van der Waals surface area contributed by atoms with E-state index in [1.54, 1.807) is 0 Å². The van der Waals surface area contributed by atoms with Gasteiger partial charge in [-0.05, 0) is 30.2 Å². The van der Waals surface area contributed by atoms with Gasteiger partial charge in [0.05, 0.1) is 0 Å². The quantitative estimate of drug-likeness (QED) is 0.799. The number of benzene rings is 1. The standard InChI is InChI=1S/C14H16N2O2/c1-16-8-2-7-15-14(16)6-4-11-3-5-12-13(9-11)18-10-17-12/h3-6,9H,2,7-8,10H2,1H3/b6-4+. The van der Waals surface area contributed by atoms with Crippen LogP contribution < -0.4 is 9.47 Å². The van der Waals surface area contributed by atoms with Crippen LogP contribution in [0.5, 0.6) is 11.5 Å². The van der Waals surface area contributed by atoms with Crippen LogP contribution in [0.1, 0.15) is 12.0 Å². The van der Waals surface area contributed by atoms with Gasteiger partial charge >= 0.3 is 0 Å². The van der Waals surface area contributed by atoms with Crippen molar-refractivity contribution in [1.29, 1.82) is 0 Å². The van der Waals surface area contributed by atoms with Gasteiger partial charge in [0.1, 0.15) is 5.84 Å². The van der Waals surface area contributed by atoms with E-state index in [0.29, 0.717) is 6.79 Å². The van der Waals surface area contributed by atoms with E-state index < -0.39 is 0 Å². The van der Waals surface area contributed by atoms with Gasteiger partial charge in [0.25, 0.3) is 0 Å². The smallest absolute Gasteiger partial charge is 0.231 e. The molecule has 0 saturated heterocycles. The second kappa shape index (κ2) is 4.72. The molecule has 0 aliphatic carbocycles. The van der Waals surface area contributed by atoms with Crippen molar-refractivity contribution >= 4 is 11.9 Å². The first-order chi connectivity index (χ1) is 8.83. The molecule has 0 radical (unpaired) electrons. The first-order valence-corrected chi connectivity index (χ1v) is 6.16. The normalized spacial score (nSPS) is 18.3. The van der Waals surface area contributed by atoms with Crippen LogP contribution in [-0.4, -0.2) is 37.7 Å². The van der Waals surface area contributed by atoms with Gasteiger partial charge in [0.15, 0.2) is 11.5 Å². The van der Waals surface area contributed by atoms with Crippen LogP contribution in [0.15, 0.2) is 29.3 Å². The molecule has 94 valence electrons. The third-order valence-corrected chi connectivity index (χ3v) is 3.14. The summed E-state index contributed by atoms with van der Waals surface area (Å²) in [5, 5.41) is 0. The fourth-order valence-corrected chi connectivity index (χ4v) is 2.10. The Hall–Kier alpha value is -1.97. The van der Waals surface area contributed by atoms with Gasteiger partial charge in [-0.2, -0.15) is 0 Å². The Morgan fingerprint density at radius 2 is 2.11 bits per heavy atom. The van der Waals surface area contributed by atoms with Gasteiger partial charge in [-0.15, -0.1) is 0 Å². The van der Waals surface area contributed by atoms with Gasteiger partial charge in [-0.25, -0.2) is 0 Å². The number of aliphatic imine (C=N–C) groups is 1. The number of hydrogen-bond acceptors (Lipinski definition) is 4. The monoisotopic (exact) mass is 244 g/mol. The predicted molar refractivity (Wildman–Crippen MR) is 71.1 cm³/mol. The Bertz CT molecular complexity index is 509. The number of hydrogen-bond donors (Lipinski definition) is 0. The van der Waals surface area contributed by atoms with E-state index in [0.717, 1.165) is 42.4 Å². The minimum absolute atomic E-state index is 0.317. The molecule has 2 aliphatic heterocycles. The molecule has 4 nitrogen and oxygen atoms in total. The largest absolute Gasteiger partial charge is 0.454 e. The summed E-state index contributed by atoms with van der Waals surface area (Å²) in [6, 6.07) is 5.95. The molecule has 0 atom stereocenters. The zero-order valence-electron chi connectivity index (χ0n) is 10.4. The average molecular weight is 244 g/mol. The maximum Gasteiger partial charge on any atom is 0.231 e. The summed E-state index contributed by atoms with van der Waals surface area (Å²) in [7, 11) is 2.07. The summed E-state index contributed by atoms with van der Waals surface area (Å²) in [4.78, 5) is 6.67. The Kier molecular flexibility index (Phi) is 2.92. The van der Waals surface area contributed by atoms with Crippen LogP contribution in [-0.2, 0) is 0 Å². The molecule has 0 fully saturated rings. The maximum absolute atomic E-state index is 5.36. The van der Waals surface area contributed by atoms with Gasteiger partial charge < -0.3 is 14.4 Å². The highest BCUT2D eigenvalue weighted by Gasteiger charge is 2.12.